The Labute approximate surface area is 234 Å². The van der Waals surface area contributed by atoms with Crippen molar-refractivity contribution in [2.75, 3.05) is 0 Å². The molecule has 3 nitrogen and oxygen atoms in total. The number of carboxylic acid groups (broad SMARTS) is 1. The van der Waals surface area contributed by atoms with E-state index in [0.717, 1.165) is 0 Å². The third-order valence-corrected chi connectivity index (χ3v) is 5.34. The van der Waals surface area contributed by atoms with E-state index < -0.39 is 89.1 Å². The minimum Gasteiger partial charge on any atom is -0.544 e. The summed E-state index contributed by atoms with van der Waals surface area (Å²) in [7, 11) is 0. The molecule has 0 atom stereocenters. The molecule has 0 rings (SSSR count). The summed E-state index contributed by atoms with van der Waals surface area (Å²) in [4.78, 5) is 9.80. The maximum Gasteiger partial charge on any atom is 0.460 e. The summed E-state index contributed by atoms with van der Waals surface area (Å²) in [5, 5.41) is 9.80. The smallest absolute Gasteiger partial charge is 0.460 e. The predicted molar refractivity (Wildman–Crippen MR) is 81.4 cm³/mol. The Morgan fingerprint density at radius 3 is 0.532 bits per heavy atom. The van der Waals surface area contributed by atoms with Crippen molar-refractivity contribution in [2.45, 2.75) is 83.2 Å². The first-order chi connectivity index (χ1) is 19.2. The van der Waals surface area contributed by atoms with Gasteiger partial charge in [-0.3, -0.25) is 0 Å². The molecule has 0 amide bonds. The zero-order valence-corrected chi connectivity index (χ0v) is 20.3. The standard InChI is InChI=1S/C15HF29O2.H3N/c16-2(17,1(45)46)3(18,19)4(20,21)5(22,23)6(24,25)7(26,27)8(28,29)9(30,31)10(32,33)11(34,35)12(36,37)13(38,39)14(40,41)15(42,43)44;/h(H,45,46);1H3. The number of rotatable bonds is 13. The molecule has 0 spiro atoms. The van der Waals surface area contributed by atoms with Crippen LogP contribution >= 0.6 is 0 Å². The van der Waals surface area contributed by atoms with Crippen LogP contribution in [0.2, 0.25) is 0 Å². The Kier molecular flexibility index (Phi) is 10.8. The van der Waals surface area contributed by atoms with Gasteiger partial charge in [-0.15, -0.1) is 0 Å². The number of carbonyl (C=O) groups is 1. The van der Waals surface area contributed by atoms with Gasteiger partial charge in [-0.25, -0.2) is 0 Å². The second-order valence-corrected chi connectivity index (χ2v) is 8.25. The van der Waals surface area contributed by atoms with Gasteiger partial charge in [0.1, 0.15) is 5.97 Å². The summed E-state index contributed by atoms with van der Waals surface area (Å²) < 4.78 is 382. The summed E-state index contributed by atoms with van der Waals surface area (Å²) in [5.41, 5.74) is 0. The number of carbonyl (C=O) groups excluding carboxylic acids is 1. The summed E-state index contributed by atoms with van der Waals surface area (Å²) in [5.74, 6) is -128. The molecule has 0 radical (unpaired) electrons. The predicted octanol–water partition coefficient (Wildman–Crippen LogP) is 7.93. The Morgan fingerprint density at radius 2 is 0.404 bits per heavy atom. The molecule has 0 aliphatic heterocycles. The van der Waals surface area contributed by atoms with Crippen molar-refractivity contribution in [3.05, 3.63) is 0 Å². The molecule has 0 aliphatic rings. The van der Waals surface area contributed by atoms with Crippen LogP contribution in [0.4, 0.5) is 127 Å². The third-order valence-electron chi connectivity index (χ3n) is 5.34. The van der Waals surface area contributed by atoms with Gasteiger partial charge in [0.25, 0.3) is 0 Å². The molecule has 0 heterocycles. The van der Waals surface area contributed by atoms with E-state index in [0.29, 0.717) is 0 Å². The number of hydrogen-bond acceptors (Lipinski definition) is 2. The monoisotopic (exact) mass is 781 g/mol. The second-order valence-electron chi connectivity index (χ2n) is 8.25. The molecule has 0 aromatic carbocycles. The van der Waals surface area contributed by atoms with E-state index in [4.69, 9.17) is 0 Å². The van der Waals surface area contributed by atoms with Crippen LogP contribution in [0.1, 0.15) is 0 Å². The Balaban J connectivity index is 0. The van der Waals surface area contributed by atoms with Crippen molar-refractivity contribution in [3.63, 3.8) is 0 Å². The Morgan fingerprint density at radius 1 is 0.277 bits per heavy atom. The van der Waals surface area contributed by atoms with E-state index in [1.165, 1.54) is 0 Å². The molecule has 47 heavy (non-hydrogen) atoms. The van der Waals surface area contributed by atoms with E-state index in [1.54, 1.807) is 0 Å². The highest BCUT2D eigenvalue weighted by atomic mass is 19.4. The molecule has 0 aromatic rings. The van der Waals surface area contributed by atoms with Crippen LogP contribution in [0.25, 0.3) is 0 Å². The molecule has 0 saturated heterocycles. The lowest BCUT2D eigenvalue weighted by Crippen LogP contribution is -2.79. The molecular formula is C15H4F29NO2. The van der Waals surface area contributed by atoms with E-state index in [-0.39, 0.29) is 6.15 Å². The molecule has 0 fully saturated rings. The van der Waals surface area contributed by atoms with E-state index in [1.807, 2.05) is 0 Å². The van der Waals surface area contributed by atoms with Gasteiger partial charge in [0, 0.05) is 0 Å². The van der Waals surface area contributed by atoms with Crippen LogP contribution in [0.15, 0.2) is 0 Å². The summed E-state index contributed by atoms with van der Waals surface area (Å²) in [6.07, 6.45) is -8.32. The lowest BCUT2D eigenvalue weighted by Gasteiger charge is -2.46. The largest absolute Gasteiger partial charge is 0.544 e. The summed E-state index contributed by atoms with van der Waals surface area (Å²) in [6.45, 7) is 0. The van der Waals surface area contributed by atoms with Crippen LogP contribution in [-0.4, -0.2) is 89.1 Å². The topological polar surface area (TPSA) is 76.6 Å². The number of quaternary nitrogens is 1. The van der Waals surface area contributed by atoms with Gasteiger partial charge in [0.15, 0.2) is 0 Å². The molecule has 0 bridgehead atoms. The fraction of sp³-hybridized carbons (Fsp3) is 0.933. The highest BCUT2D eigenvalue weighted by molar-refractivity contribution is 5.75. The SMILES string of the molecule is O=C([O-])C(F)(F)C(F)(F)C(F)(F)C(F)(F)C(F)(F)C(F)(F)C(F)(F)C(F)(F)C(F)(F)C(F)(F)C(F)(F)C(F)(F)C(F)(F)C(F)(F)F.[NH4+]. The van der Waals surface area contributed by atoms with Gasteiger partial charge >= 0.3 is 83.2 Å². The molecule has 0 saturated carbocycles. The van der Waals surface area contributed by atoms with Crippen LogP contribution in [-0.2, 0) is 4.79 Å². The summed E-state index contributed by atoms with van der Waals surface area (Å²) >= 11 is 0. The van der Waals surface area contributed by atoms with E-state index in [9.17, 15) is 137 Å². The Hall–Kier alpha value is -2.60. The van der Waals surface area contributed by atoms with Crippen molar-refractivity contribution < 1.29 is 137 Å². The van der Waals surface area contributed by atoms with E-state index >= 15 is 0 Å². The van der Waals surface area contributed by atoms with Gasteiger partial charge < -0.3 is 16.1 Å². The van der Waals surface area contributed by atoms with Crippen molar-refractivity contribution in [1.29, 1.82) is 0 Å². The molecule has 284 valence electrons. The number of carboxylic acids is 1. The highest BCUT2D eigenvalue weighted by Crippen LogP contribution is 2.68. The minimum atomic E-state index is -10.0. The van der Waals surface area contributed by atoms with Crippen molar-refractivity contribution in [1.82, 2.24) is 6.15 Å². The fourth-order valence-corrected chi connectivity index (χ4v) is 2.48. The van der Waals surface area contributed by atoms with Gasteiger partial charge in [-0.05, 0) is 0 Å². The maximum absolute atomic E-state index is 13.6. The lowest BCUT2D eigenvalue weighted by molar-refractivity contribution is -0.487. The molecule has 4 N–H and O–H groups in total. The van der Waals surface area contributed by atoms with Gasteiger partial charge in [0.05, 0.1) is 0 Å². The number of alkyl halides is 29. The molecule has 0 unspecified atom stereocenters. The van der Waals surface area contributed by atoms with Crippen molar-refractivity contribution >= 4 is 5.97 Å². The number of aliphatic carboxylic acids is 1. The molecule has 0 aliphatic carbocycles. The highest BCUT2D eigenvalue weighted by Gasteiger charge is 3.00. The average molecular weight is 781 g/mol. The van der Waals surface area contributed by atoms with Gasteiger partial charge in [0.2, 0.25) is 0 Å². The van der Waals surface area contributed by atoms with Crippen molar-refractivity contribution in [2.24, 2.45) is 0 Å². The first-order valence-electron chi connectivity index (χ1n) is 9.39. The zero-order chi connectivity index (χ0) is 38.6. The quantitative estimate of drug-likeness (QED) is 0.193. The van der Waals surface area contributed by atoms with Crippen LogP contribution < -0.4 is 11.3 Å². The first kappa shape index (κ1) is 46.5. The summed E-state index contributed by atoms with van der Waals surface area (Å²) in [6, 6.07) is 0. The Bertz CT molecular complexity index is 1160. The third kappa shape index (κ3) is 5.13. The van der Waals surface area contributed by atoms with Crippen LogP contribution in [0.5, 0.6) is 0 Å². The van der Waals surface area contributed by atoms with Crippen molar-refractivity contribution in [3.8, 4) is 0 Å². The second kappa shape index (κ2) is 11.0. The number of hydrogen-bond donors (Lipinski definition) is 1. The number of halogens is 29. The molecule has 0 aromatic heterocycles. The van der Waals surface area contributed by atoms with Crippen LogP contribution in [0.3, 0.4) is 0 Å². The van der Waals surface area contributed by atoms with E-state index in [2.05, 4.69) is 0 Å². The first-order valence-corrected chi connectivity index (χ1v) is 9.39. The maximum atomic E-state index is 13.6. The minimum absolute atomic E-state index is 0. The normalized spacial score (nSPS) is 16.6. The average Bonchev–Trinajstić information content (AvgIpc) is 2.81. The zero-order valence-electron chi connectivity index (χ0n) is 20.3. The fourth-order valence-electron chi connectivity index (χ4n) is 2.48. The lowest BCUT2D eigenvalue weighted by atomic mass is 9.83. The molecule has 32 heteroatoms. The van der Waals surface area contributed by atoms with Gasteiger partial charge in [-0.2, -0.15) is 127 Å². The van der Waals surface area contributed by atoms with Crippen LogP contribution in [0, 0.1) is 0 Å². The molecular weight excluding hydrogens is 777 g/mol. The van der Waals surface area contributed by atoms with Gasteiger partial charge in [-0.1, -0.05) is 0 Å².